The molecule has 0 saturated carbocycles. The molecule has 0 saturated heterocycles. The second-order valence-electron chi connectivity index (χ2n) is 5.74. The molecule has 3 aromatic rings. The molecule has 6 nitrogen and oxygen atoms in total. The Morgan fingerprint density at radius 3 is 2.33 bits per heavy atom. The van der Waals surface area contributed by atoms with E-state index >= 15 is 0 Å². The van der Waals surface area contributed by atoms with Crippen LogP contribution in [0.1, 0.15) is 10.4 Å². The lowest BCUT2D eigenvalue weighted by Crippen LogP contribution is -2.02. The summed E-state index contributed by atoms with van der Waals surface area (Å²) in [6.45, 7) is 0. The number of nitrogens with two attached hydrogens (primary N) is 1. The van der Waals surface area contributed by atoms with Gasteiger partial charge in [-0.2, -0.15) is 0 Å². The number of benzene rings is 2. The lowest BCUT2D eigenvalue weighted by Gasteiger charge is -2.19. The molecule has 0 spiro atoms. The largest absolute Gasteiger partial charge is 0.493 e. The summed E-state index contributed by atoms with van der Waals surface area (Å²) in [4.78, 5) is 16.2. The molecule has 1 heterocycles. The zero-order valence-electron chi connectivity index (χ0n) is 15.4. The summed E-state index contributed by atoms with van der Waals surface area (Å²) in [6.07, 6.45) is 2.46. The van der Waals surface area contributed by atoms with Crippen molar-refractivity contribution in [1.29, 1.82) is 0 Å². The fraction of sp³-hybridized carbons (Fsp3) is 0.143. The first-order chi connectivity index (χ1) is 13.1. The number of aldehydes is 1. The zero-order chi connectivity index (χ0) is 19.4. The van der Waals surface area contributed by atoms with Crippen LogP contribution in [-0.2, 0) is 0 Å². The number of ether oxygens (including phenoxy) is 3. The van der Waals surface area contributed by atoms with Crippen LogP contribution in [0.25, 0.3) is 22.4 Å². The van der Waals surface area contributed by atoms with Crippen LogP contribution in [0.5, 0.6) is 17.2 Å². The molecule has 6 heteroatoms. The van der Waals surface area contributed by atoms with Gasteiger partial charge in [0.25, 0.3) is 0 Å². The van der Waals surface area contributed by atoms with E-state index in [-0.39, 0.29) is 0 Å². The normalized spacial score (nSPS) is 10.3. The van der Waals surface area contributed by atoms with E-state index < -0.39 is 0 Å². The number of rotatable bonds is 6. The van der Waals surface area contributed by atoms with E-state index in [1.807, 2.05) is 30.3 Å². The minimum absolute atomic E-state index is 0.379. The summed E-state index contributed by atoms with van der Waals surface area (Å²) in [5.74, 6) is 1.17. The number of anilines is 1. The molecule has 2 aromatic carbocycles. The Morgan fingerprint density at radius 1 is 0.963 bits per heavy atom. The van der Waals surface area contributed by atoms with Crippen LogP contribution in [-0.4, -0.2) is 32.6 Å². The van der Waals surface area contributed by atoms with Gasteiger partial charge in [-0.05, 0) is 30.3 Å². The average molecular weight is 364 g/mol. The second-order valence-corrected chi connectivity index (χ2v) is 5.74. The number of aromatic nitrogens is 1. The maximum atomic E-state index is 11.8. The van der Waals surface area contributed by atoms with Gasteiger partial charge in [-0.25, -0.2) is 0 Å². The number of nitrogens with zero attached hydrogens (tertiary/aromatic N) is 1. The van der Waals surface area contributed by atoms with Crippen LogP contribution in [0, 0.1) is 0 Å². The van der Waals surface area contributed by atoms with Gasteiger partial charge in [0, 0.05) is 34.1 Å². The molecule has 138 valence electrons. The molecule has 0 fully saturated rings. The second kappa shape index (κ2) is 7.78. The highest BCUT2D eigenvalue weighted by Crippen LogP contribution is 2.48. The summed E-state index contributed by atoms with van der Waals surface area (Å²) >= 11 is 0. The standard InChI is InChI=1S/C21H20N2O4/c1-25-18-11-14(12-24)19(21(27-3)20(18)26-2)15-10-13(7-8-16(15)22)17-6-4-5-9-23-17/h4-12H,22H2,1-3H3. The minimum atomic E-state index is 0.379. The van der Waals surface area contributed by atoms with Crippen molar-refractivity contribution in [1.82, 2.24) is 4.98 Å². The Labute approximate surface area is 157 Å². The van der Waals surface area contributed by atoms with Crippen molar-refractivity contribution in [2.45, 2.75) is 0 Å². The molecule has 0 amide bonds. The van der Waals surface area contributed by atoms with Crippen LogP contribution in [0.15, 0.2) is 48.7 Å². The van der Waals surface area contributed by atoms with E-state index in [4.69, 9.17) is 19.9 Å². The summed E-state index contributed by atoms with van der Waals surface area (Å²) < 4.78 is 16.4. The van der Waals surface area contributed by atoms with Crippen LogP contribution < -0.4 is 19.9 Å². The summed E-state index contributed by atoms with van der Waals surface area (Å²) in [5, 5.41) is 0. The third-order valence-electron chi connectivity index (χ3n) is 4.27. The monoisotopic (exact) mass is 364 g/mol. The smallest absolute Gasteiger partial charge is 0.203 e. The molecule has 2 N–H and O–H groups in total. The number of nitrogen functional groups attached to an aromatic ring is 1. The van der Waals surface area contributed by atoms with E-state index in [1.165, 1.54) is 21.3 Å². The van der Waals surface area contributed by atoms with E-state index in [1.54, 1.807) is 18.3 Å². The molecule has 0 bridgehead atoms. The Morgan fingerprint density at radius 2 is 1.74 bits per heavy atom. The molecule has 0 aliphatic rings. The predicted molar refractivity (Wildman–Crippen MR) is 105 cm³/mol. The number of carbonyl (C=O) groups excluding carboxylic acids is 1. The molecule has 0 radical (unpaired) electrons. The first-order valence-electron chi connectivity index (χ1n) is 8.24. The number of hydrogen-bond acceptors (Lipinski definition) is 6. The summed E-state index contributed by atoms with van der Waals surface area (Å²) in [7, 11) is 4.52. The van der Waals surface area contributed by atoms with Gasteiger partial charge in [-0.15, -0.1) is 0 Å². The number of pyridine rings is 1. The van der Waals surface area contributed by atoms with Gasteiger partial charge in [0.2, 0.25) is 5.75 Å². The van der Waals surface area contributed by atoms with Crippen LogP contribution >= 0.6 is 0 Å². The van der Waals surface area contributed by atoms with E-state index in [9.17, 15) is 4.79 Å². The van der Waals surface area contributed by atoms with E-state index in [0.717, 1.165) is 17.5 Å². The van der Waals surface area contributed by atoms with Crippen molar-refractivity contribution in [3.8, 4) is 39.6 Å². The third-order valence-corrected chi connectivity index (χ3v) is 4.27. The van der Waals surface area contributed by atoms with Gasteiger partial charge in [0.05, 0.1) is 27.0 Å². The van der Waals surface area contributed by atoms with Gasteiger partial charge < -0.3 is 19.9 Å². The first-order valence-corrected chi connectivity index (χ1v) is 8.24. The molecule has 0 aliphatic heterocycles. The quantitative estimate of drug-likeness (QED) is 0.528. The van der Waals surface area contributed by atoms with Crippen molar-refractivity contribution in [3.05, 3.63) is 54.2 Å². The van der Waals surface area contributed by atoms with Gasteiger partial charge in [-0.1, -0.05) is 12.1 Å². The Kier molecular flexibility index (Phi) is 5.26. The fourth-order valence-electron chi connectivity index (χ4n) is 3.01. The summed E-state index contributed by atoms with van der Waals surface area (Å²) in [6, 6.07) is 12.8. The molecule has 0 atom stereocenters. The van der Waals surface area contributed by atoms with Gasteiger partial charge in [-0.3, -0.25) is 9.78 Å². The first kappa shape index (κ1) is 18.3. The van der Waals surface area contributed by atoms with Crippen molar-refractivity contribution < 1.29 is 19.0 Å². The SMILES string of the molecule is COc1cc(C=O)c(-c2cc(-c3ccccn3)ccc2N)c(OC)c1OC. The molecular weight excluding hydrogens is 344 g/mol. The maximum Gasteiger partial charge on any atom is 0.203 e. The molecule has 3 rings (SSSR count). The summed E-state index contributed by atoms with van der Waals surface area (Å²) in [5.41, 5.74) is 9.99. The lowest BCUT2D eigenvalue weighted by molar-refractivity contribution is 0.112. The van der Waals surface area contributed by atoms with E-state index in [0.29, 0.717) is 39.6 Å². The minimum Gasteiger partial charge on any atom is -0.493 e. The maximum absolute atomic E-state index is 11.8. The van der Waals surface area contributed by atoms with Crippen molar-refractivity contribution in [2.24, 2.45) is 0 Å². The molecule has 1 aromatic heterocycles. The highest BCUT2D eigenvalue weighted by molar-refractivity contribution is 5.97. The number of hydrogen-bond donors (Lipinski definition) is 1. The topological polar surface area (TPSA) is 83.7 Å². The molecule has 0 aliphatic carbocycles. The molecular formula is C21H20N2O4. The van der Waals surface area contributed by atoms with Crippen LogP contribution in [0.2, 0.25) is 0 Å². The zero-order valence-corrected chi connectivity index (χ0v) is 15.4. The van der Waals surface area contributed by atoms with Crippen LogP contribution in [0.4, 0.5) is 5.69 Å². The van der Waals surface area contributed by atoms with E-state index in [2.05, 4.69) is 4.98 Å². The van der Waals surface area contributed by atoms with Crippen molar-refractivity contribution in [3.63, 3.8) is 0 Å². The Bertz CT molecular complexity index is 972. The van der Waals surface area contributed by atoms with Crippen LogP contribution in [0.3, 0.4) is 0 Å². The molecule has 0 unspecified atom stereocenters. The van der Waals surface area contributed by atoms with Gasteiger partial charge >= 0.3 is 0 Å². The predicted octanol–water partition coefficient (Wildman–Crippen LogP) is 3.84. The van der Waals surface area contributed by atoms with Crippen molar-refractivity contribution in [2.75, 3.05) is 27.1 Å². The Hall–Kier alpha value is -3.54. The lowest BCUT2D eigenvalue weighted by atomic mass is 9.94. The molecule has 27 heavy (non-hydrogen) atoms. The van der Waals surface area contributed by atoms with Gasteiger partial charge in [0.1, 0.15) is 0 Å². The van der Waals surface area contributed by atoms with Gasteiger partial charge in [0.15, 0.2) is 17.8 Å². The average Bonchev–Trinajstić information content (AvgIpc) is 2.73. The van der Waals surface area contributed by atoms with Crippen molar-refractivity contribution >= 4 is 12.0 Å². The fourth-order valence-corrected chi connectivity index (χ4v) is 3.01. The highest BCUT2D eigenvalue weighted by Gasteiger charge is 2.23. The number of methoxy groups -OCH3 is 3. The highest BCUT2D eigenvalue weighted by atomic mass is 16.5. The Balaban J connectivity index is 2.32. The number of carbonyl (C=O) groups is 1. The third kappa shape index (κ3) is 3.29.